The normalized spacial score (nSPS) is 15.7. The monoisotopic (exact) mass is 143 g/mol. The molecule has 0 aliphatic heterocycles. The maximum absolute atomic E-state index is 11.4. The van der Waals surface area contributed by atoms with Crippen molar-refractivity contribution in [3.63, 3.8) is 0 Å². The van der Waals surface area contributed by atoms with Crippen LogP contribution < -0.4 is 5.73 Å². The first-order chi connectivity index (χ1) is 3.98. The molecule has 0 aromatic rings. The summed E-state index contributed by atoms with van der Waals surface area (Å²) < 4.78 is 38.5. The van der Waals surface area contributed by atoms with Crippen LogP contribution in [0.5, 0.6) is 0 Å². The highest BCUT2D eigenvalue weighted by molar-refractivity contribution is 4.68. The topological polar surface area (TPSA) is 35.2 Å². The van der Waals surface area contributed by atoms with Crippen LogP contribution in [0.2, 0.25) is 0 Å². The third-order valence-corrected chi connectivity index (χ3v) is 0.767. The van der Waals surface area contributed by atoms with Crippen LogP contribution in [0.3, 0.4) is 0 Å². The first-order valence-corrected chi connectivity index (χ1v) is 2.29. The van der Waals surface area contributed by atoms with E-state index in [1.807, 2.05) is 0 Å². The molecule has 0 rings (SSSR count). The summed E-state index contributed by atoms with van der Waals surface area (Å²) in [7, 11) is 1.17. The summed E-state index contributed by atoms with van der Waals surface area (Å²) >= 11 is 0. The largest absolute Gasteiger partial charge is 0.405 e. The van der Waals surface area contributed by atoms with Crippen LogP contribution in [-0.2, 0) is 4.74 Å². The van der Waals surface area contributed by atoms with Crippen LogP contribution in [0.1, 0.15) is 0 Å². The zero-order valence-corrected chi connectivity index (χ0v) is 4.90. The van der Waals surface area contributed by atoms with E-state index >= 15 is 0 Å². The van der Waals surface area contributed by atoms with E-state index in [4.69, 9.17) is 0 Å². The van der Waals surface area contributed by atoms with Crippen LogP contribution >= 0.6 is 0 Å². The molecule has 9 heavy (non-hydrogen) atoms. The van der Waals surface area contributed by atoms with Gasteiger partial charge in [0, 0.05) is 7.11 Å². The summed E-state index contributed by atoms with van der Waals surface area (Å²) in [5.41, 5.74) is 4.61. The molecule has 1 unspecified atom stereocenters. The summed E-state index contributed by atoms with van der Waals surface area (Å²) in [5, 5.41) is 0. The maximum atomic E-state index is 11.4. The lowest BCUT2D eigenvalue weighted by molar-refractivity contribution is -0.157. The molecule has 0 fully saturated rings. The van der Waals surface area contributed by atoms with Crippen molar-refractivity contribution >= 4 is 0 Å². The fourth-order valence-corrected chi connectivity index (χ4v) is 0.274. The zero-order chi connectivity index (χ0) is 7.49. The minimum absolute atomic E-state index is 0.483. The molecule has 0 aromatic carbocycles. The molecule has 0 radical (unpaired) electrons. The average molecular weight is 143 g/mol. The van der Waals surface area contributed by atoms with Gasteiger partial charge in [0.05, 0.1) is 6.61 Å². The molecule has 0 saturated carbocycles. The number of hydrogen-bond donors (Lipinski definition) is 1. The highest BCUT2D eigenvalue weighted by Gasteiger charge is 2.36. The van der Waals surface area contributed by atoms with Gasteiger partial charge in [-0.3, -0.25) is 0 Å². The summed E-state index contributed by atoms with van der Waals surface area (Å²) in [6.07, 6.45) is -4.34. The lowest BCUT2D eigenvalue weighted by Crippen LogP contribution is -2.40. The Balaban J connectivity index is 3.59. The van der Waals surface area contributed by atoms with Crippen LogP contribution in [0.25, 0.3) is 0 Å². The van der Waals surface area contributed by atoms with Crippen molar-refractivity contribution in [2.75, 3.05) is 13.7 Å². The lowest BCUT2D eigenvalue weighted by Gasteiger charge is -2.13. The Labute approximate surface area is 50.8 Å². The van der Waals surface area contributed by atoms with E-state index in [-0.39, 0.29) is 0 Å². The quantitative estimate of drug-likeness (QED) is 0.611. The molecule has 0 saturated heterocycles. The van der Waals surface area contributed by atoms with E-state index in [0.717, 1.165) is 0 Å². The van der Waals surface area contributed by atoms with Crippen molar-refractivity contribution in [1.82, 2.24) is 0 Å². The van der Waals surface area contributed by atoms with Gasteiger partial charge in [-0.25, -0.2) is 0 Å². The number of ether oxygens (including phenoxy) is 1. The van der Waals surface area contributed by atoms with Gasteiger partial charge in [0.1, 0.15) is 6.04 Å². The SMILES string of the molecule is COCC(N)C(F)(F)F. The molecule has 0 spiro atoms. The van der Waals surface area contributed by atoms with Crippen LogP contribution in [0, 0.1) is 0 Å². The minimum Gasteiger partial charge on any atom is -0.383 e. The highest BCUT2D eigenvalue weighted by atomic mass is 19.4. The Morgan fingerprint density at radius 2 is 2.00 bits per heavy atom. The molecule has 0 aliphatic carbocycles. The second kappa shape index (κ2) is 3.03. The van der Waals surface area contributed by atoms with E-state index in [1.54, 1.807) is 0 Å². The molecule has 2 nitrogen and oxygen atoms in total. The van der Waals surface area contributed by atoms with Gasteiger partial charge in [0.15, 0.2) is 0 Å². The van der Waals surface area contributed by atoms with Gasteiger partial charge in [0.25, 0.3) is 0 Å². The summed E-state index contributed by atoms with van der Waals surface area (Å²) in [5.74, 6) is 0. The molecule has 1 atom stereocenters. The van der Waals surface area contributed by atoms with Crippen molar-refractivity contribution in [1.29, 1.82) is 0 Å². The fraction of sp³-hybridized carbons (Fsp3) is 1.00. The number of methoxy groups -OCH3 is 1. The van der Waals surface area contributed by atoms with Gasteiger partial charge in [-0.1, -0.05) is 0 Å². The van der Waals surface area contributed by atoms with Gasteiger partial charge in [-0.05, 0) is 0 Å². The van der Waals surface area contributed by atoms with Crippen molar-refractivity contribution in [2.45, 2.75) is 12.2 Å². The molecule has 0 bridgehead atoms. The van der Waals surface area contributed by atoms with Crippen molar-refractivity contribution < 1.29 is 17.9 Å². The van der Waals surface area contributed by atoms with Gasteiger partial charge >= 0.3 is 6.18 Å². The van der Waals surface area contributed by atoms with Crippen molar-refractivity contribution in [3.8, 4) is 0 Å². The Bertz CT molecular complexity index is 82.4. The summed E-state index contributed by atoms with van der Waals surface area (Å²) in [6.45, 7) is -0.483. The van der Waals surface area contributed by atoms with Crippen molar-refractivity contribution in [3.05, 3.63) is 0 Å². The first-order valence-electron chi connectivity index (χ1n) is 2.29. The van der Waals surface area contributed by atoms with E-state index in [1.165, 1.54) is 7.11 Å². The van der Waals surface area contributed by atoms with Crippen LogP contribution in [0.15, 0.2) is 0 Å². The first kappa shape index (κ1) is 8.71. The summed E-state index contributed by atoms with van der Waals surface area (Å²) in [6, 6.07) is -1.86. The fourth-order valence-electron chi connectivity index (χ4n) is 0.274. The highest BCUT2D eigenvalue weighted by Crippen LogP contribution is 2.17. The lowest BCUT2D eigenvalue weighted by atomic mass is 10.3. The van der Waals surface area contributed by atoms with E-state index in [0.29, 0.717) is 0 Å². The zero-order valence-electron chi connectivity index (χ0n) is 4.90. The molecule has 0 aromatic heterocycles. The van der Waals surface area contributed by atoms with Crippen molar-refractivity contribution in [2.24, 2.45) is 5.73 Å². The predicted octanol–water partition coefficient (Wildman–Crippen LogP) is 0.522. The number of rotatable bonds is 2. The van der Waals surface area contributed by atoms with Gasteiger partial charge in [0.2, 0.25) is 0 Å². The van der Waals surface area contributed by atoms with Crippen LogP contribution in [-0.4, -0.2) is 25.9 Å². The predicted molar refractivity (Wildman–Crippen MR) is 25.9 cm³/mol. The standard InChI is InChI=1S/C4H8F3NO/c1-9-2-3(8)4(5,6)7/h3H,2,8H2,1H3. The molecular formula is C4H8F3NO. The second-order valence-corrected chi connectivity index (χ2v) is 1.60. The Morgan fingerprint density at radius 3 is 2.11 bits per heavy atom. The molecule has 5 heteroatoms. The Morgan fingerprint density at radius 1 is 1.56 bits per heavy atom. The van der Waals surface area contributed by atoms with Gasteiger partial charge < -0.3 is 10.5 Å². The smallest absolute Gasteiger partial charge is 0.383 e. The van der Waals surface area contributed by atoms with E-state index in [9.17, 15) is 13.2 Å². The number of hydrogen-bond acceptors (Lipinski definition) is 2. The molecule has 0 heterocycles. The average Bonchev–Trinajstić information content (AvgIpc) is 1.64. The maximum Gasteiger partial charge on any atom is 0.405 e. The number of halogens is 3. The third kappa shape index (κ3) is 3.31. The Kier molecular flexibility index (Phi) is 2.93. The molecule has 2 N–H and O–H groups in total. The molecule has 56 valence electrons. The number of nitrogens with two attached hydrogens (primary N) is 1. The minimum atomic E-state index is -4.34. The second-order valence-electron chi connectivity index (χ2n) is 1.60. The summed E-state index contributed by atoms with van der Waals surface area (Å²) in [4.78, 5) is 0. The number of alkyl halides is 3. The van der Waals surface area contributed by atoms with Gasteiger partial charge in [-0.15, -0.1) is 0 Å². The molecular weight excluding hydrogens is 135 g/mol. The molecule has 0 amide bonds. The third-order valence-electron chi connectivity index (χ3n) is 0.767. The van der Waals surface area contributed by atoms with Crippen LogP contribution in [0.4, 0.5) is 13.2 Å². The van der Waals surface area contributed by atoms with E-state index in [2.05, 4.69) is 10.5 Å². The Hall–Kier alpha value is -0.290. The van der Waals surface area contributed by atoms with E-state index < -0.39 is 18.8 Å². The molecule has 0 aliphatic rings. The van der Waals surface area contributed by atoms with Gasteiger partial charge in [-0.2, -0.15) is 13.2 Å².